The third-order valence-corrected chi connectivity index (χ3v) is 3.53. The highest BCUT2D eigenvalue weighted by Gasteiger charge is 1.99. The summed E-state index contributed by atoms with van der Waals surface area (Å²) < 4.78 is 20.9. The van der Waals surface area contributed by atoms with Gasteiger partial charge in [0, 0.05) is 19.8 Å². The first kappa shape index (κ1) is 24.4. The fraction of sp³-hybridized carbons (Fsp3) is 0.667. The SMILES string of the molecule is CC.CCc1cccc(OCCCCCOCCCOCC(=O)OC)c1. The molecule has 0 aliphatic rings. The maximum absolute atomic E-state index is 10.8. The summed E-state index contributed by atoms with van der Waals surface area (Å²) in [5.41, 5.74) is 1.30. The number of benzene rings is 1. The van der Waals surface area contributed by atoms with Crippen molar-refractivity contribution in [2.45, 2.75) is 52.9 Å². The van der Waals surface area contributed by atoms with E-state index in [9.17, 15) is 4.79 Å². The van der Waals surface area contributed by atoms with Gasteiger partial charge in [0.05, 0.1) is 13.7 Å². The van der Waals surface area contributed by atoms with Crippen LogP contribution < -0.4 is 4.74 Å². The molecule has 0 heterocycles. The Morgan fingerprint density at radius 3 is 2.35 bits per heavy atom. The predicted molar refractivity (Wildman–Crippen MR) is 105 cm³/mol. The molecule has 0 radical (unpaired) electrons. The smallest absolute Gasteiger partial charge is 0.331 e. The number of ether oxygens (including phenoxy) is 4. The van der Waals surface area contributed by atoms with Crippen LogP contribution in [-0.4, -0.2) is 46.1 Å². The van der Waals surface area contributed by atoms with Gasteiger partial charge in [-0.15, -0.1) is 0 Å². The fourth-order valence-electron chi connectivity index (χ4n) is 2.11. The molecule has 5 nitrogen and oxygen atoms in total. The molecule has 0 N–H and O–H groups in total. The lowest BCUT2D eigenvalue weighted by atomic mass is 10.2. The molecule has 0 saturated carbocycles. The summed E-state index contributed by atoms with van der Waals surface area (Å²) in [6.07, 6.45) is 4.96. The highest BCUT2D eigenvalue weighted by atomic mass is 16.6. The molecule has 0 amide bonds. The van der Waals surface area contributed by atoms with E-state index in [1.165, 1.54) is 12.7 Å². The number of unbranched alkanes of at least 4 members (excludes halogenated alkanes) is 2. The minimum atomic E-state index is -0.348. The maximum Gasteiger partial charge on any atom is 0.331 e. The molecule has 5 heteroatoms. The summed E-state index contributed by atoms with van der Waals surface area (Å²) in [5.74, 6) is 0.608. The number of carbonyl (C=O) groups excluding carboxylic acids is 1. The maximum atomic E-state index is 10.8. The van der Waals surface area contributed by atoms with E-state index in [0.29, 0.717) is 13.2 Å². The lowest BCUT2D eigenvalue weighted by Crippen LogP contribution is -2.11. The Kier molecular flexibility index (Phi) is 17.1. The van der Waals surface area contributed by atoms with Crippen molar-refractivity contribution in [2.24, 2.45) is 0 Å². The van der Waals surface area contributed by atoms with Gasteiger partial charge < -0.3 is 18.9 Å². The van der Waals surface area contributed by atoms with Crippen molar-refractivity contribution in [3.05, 3.63) is 29.8 Å². The number of esters is 1. The van der Waals surface area contributed by atoms with E-state index < -0.39 is 0 Å². The molecule has 150 valence electrons. The van der Waals surface area contributed by atoms with Crippen LogP contribution >= 0.6 is 0 Å². The number of hydrogen-bond acceptors (Lipinski definition) is 5. The summed E-state index contributed by atoms with van der Waals surface area (Å²) >= 11 is 0. The van der Waals surface area contributed by atoms with E-state index in [1.807, 2.05) is 26.0 Å². The van der Waals surface area contributed by atoms with Crippen LogP contribution in [0.15, 0.2) is 24.3 Å². The van der Waals surface area contributed by atoms with Crippen molar-refractivity contribution in [1.82, 2.24) is 0 Å². The van der Waals surface area contributed by atoms with E-state index in [4.69, 9.17) is 14.2 Å². The zero-order valence-electron chi connectivity index (χ0n) is 16.9. The molecule has 1 aromatic carbocycles. The summed E-state index contributed by atoms with van der Waals surface area (Å²) in [7, 11) is 1.35. The van der Waals surface area contributed by atoms with Gasteiger partial charge in [-0.1, -0.05) is 32.9 Å². The molecule has 0 aromatic heterocycles. The third-order valence-electron chi connectivity index (χ3n) is 3.53. The molecule has 0 bridgehead atoms. The number of carbonyl (C=O) groups is 1. The van der Waals surface area contributed by atoms with E-state index in [0.717, 1.165) is 51.1 Å². The van der Waals surface area contributed by atoms with Crippen LogP contribution in [0.1, 0.15) is 52.0 Å². The average molecular weight is 369 g/mol. The van der Waals surface area contributed by atoms with Gasteiger partial charge in [0.25, 0.3) is 0 Å². The lowest BCUT2D eigenvalue weighted by Gasteiger charge is -2.08. The van der Waals surface area contributed by atoms with E-state index in [1.54, 1.807) is 0 Å². The van der Waals surface area contributed by atoms with Crippen molar-refractivity contribution in [1.29, 1.82) is 0 Å². The van der Waals surface area contributed by atoms with Crippen molar-refractivity contribution in [2.75, 3.05) is 40.1 Å². The molecule has 0 unspecified atom stereocenters. The van der Waals surface area contributed by atoms with Gasteiger partial charge in [0.2, 0.25) is 0 Å². The molecular formula is C21H36O5. The van der Waals surface area contributed by atoms with Gasteiger partial charge in [-0.3, -0.25) is 0 Å². The van der Waals surface area contributed by atoms with Crippen molar-refractivity contribution >= 4 is 5.97 Å². The molecule has 0 spiro atoms. The number of rotatable bonds is 14. The zero-order chi connectivity index (χ0) is 19.5. The van der Waals surface area contributed by atoms with Gasteiger partial charge in [0.15, 0.2) is 0 Å². The third kappa shape index (κ3) is 13.7. The summed E-state index contributed by atoms with van der Waals surface area (Å²) in [4.78, 5) is 10.8. The highest BCUT2D eigenvalue weighted by Crippen LogP contribution is 2.14. The standard InChI is InChI=1S/C19H30O5.C2H6/c1-3-17-9-7-10-18(15-17)24-14-6-4-5-11-22-12-8-13-23-16-19(20)21-2;1-2/h7,9-10,15H,3-6,8,11-14,16H2,1-2H3;1-2H3. The first-order valence-corrected chi connectivity index (χ1v) is 9.70. The first-order valence-electron chi connectivity index (χ1n) is 9.70. The number of aryl methyl sites for hydroxylation is 1. The van der Waals surface area contributed by atoms with Gasteiger partial charge >= 0.3 is 5.97 Å². The van der Waals surface area contributed by atoms with Crippen molar-refractivity contribution in [3.63, 3.8) is 0 Å². The number of methoxy groups -OCH3 is 1. The van der Waals surface area contributed by atoms with Crippen LogP contribution in [0.25, 0.3) is 0 Å². The van der Waals surface area contributed by atoms with Crippen LogP contribution in [0.3, 0.4) is 0 Å². The largest absolute Gasteiger partial charge is 0.494 e. The number of hydrogen-bond donors (Lipinski definition) is 0. The van der Waals surface area contributed by atoms with Crippen LogP contribution in [0, 0.1) is 0 Å². The van der Waals surface area contributed by atoms with Crippen LogP contribution in [-0.2, 0) is 25.4 Å². The molecule has 0 aliphatic carbocycles. The van der Waals surface area contributed by atoms with E-state index >= 15 is 0 Å². The Labute approximate surface area is 159 Å². The van der Waals surface area contributed by atoms with Gasteiger partial charge in [0.1, 0.15) is 12.4 Å². The second-order valence-corrected chi connectivity index (χ2v) is 5.50. The monoisotopic (exact) mass is 368 g/mol. The molecule has 0 atom stereocenters. The Balaban J connectivity index is 0.00000301. The second kappa shape index (κ2) is 18.2. The Bertz CT molecular complexity index is 448. The molecule has 26 heavy (non-hydrogen) atoms. The van der Waals surface area contributed by atoms with Crippen molar-refractivity contribution < 1.29 is 23.7 Å². The summed E-state index contributed by atoms with van der Waals surface area (Å²) in [6.45, 7) is 8.82. The fourth-order valence-corrected chi connectivity index (χ4v) is 2.11. The molecular weight excluding hydrogens is 332 g/mol. The van der Waals surface area contributed by atoms with E-state index in [-0.39, 0.29) is 12.6 Å². The van der Waals surface area contributed by atoms with Gasteiger partial charge in [-0.25, -0.2) is 4.79 Å². The average Bonchev–Trinajstić information content (AvgIpc) is 2.70. The molecule has 0 fully saturated rings. The topological polar surface area (TPSA) is 54.0 Å². The van der Waals surface area contributed by atoms with Crippen LogP contribution in [0.4, 0.5) is 0 Å². The Morgan fingerprint density at radius 2 is 1.62 bits per heavy atom. The summed E-state index contributed by atoms with van der Waals surface area (Å²) in [6, 6.07) is 8.26. The Hall–Kier alpha value is -1.59. The van der Waals surface area contributed by atoms with E-state index in [2.05, 4.69) is 23.8 Å². The molecule has 0 aliphatic heterocycles. The first-order chi connectivity index (χ1) is 12.8. The second-order valence-electron chi connectivity index (χ2n) is 5.50. The molecule has 0 saturated heterocycles. The minimum absolute atomic E-state index is 0.0116. The van der Waals surface area contributed by atoms with Crippen molar-refractivity contribution in [3.8, 4) is 5.75 Å². The van der Waals surface area contributed by atoms with Gasteiger partial charge in [-0.2, -0.15) is 0 Å². The molecule has 1 rings (SSSR count). The normalized spacial score (nSPS) is 10.0. The minimum Gasteiger partial charge on any atom is -0.494 e. The highest BCUT2D eigenvalue weighted by molar-refractivity contribution is 5.70. The zero-order valence-corrected chi connectivity index (χ0v) is 16.9. The van der Waals surface area contributed by atoms with Crippen LogP contribution in [0.2, 0.25) is 0 Å². The van der Waals surface area contributed by atoms with Gasteiger partial charge in [-0.05, 0) is 49.8 Å². The predicted octanol–water partition coefficient (Wildman–Crippen LogP) is 4.42. The van der Waals surface area contributed by atoms with Crippen LogP contribution in [0.5, 0.6) is 5.75 Å². The quantitative estimate of drug-likeness (QED) is 0.359. The molecule has 1 aromatic rings. The Morgan fingerprint density at radius 1 is 0.923 bits per heavy atom. The lowest BCUT2D eigenvalue weighted by molar-refractivity contribution is -0.146. The summed E-state index contributed by atoms with van der Waals surface area (Å²) in [5, 5.41) is 0.